The minimum absolute atomic E-state index is 0.0314. The number of rotatable bonds is 6. The van der Waals surface area contributed by atoms with Gasteiger partial charge in [-0.3, -0.25) is 4.99 Å². The van der Waals surface area contributed by atoms with E-state index in [0.717, 1.165) is 39.0 Å². The van der Waals surface area contributed by atoms with Gasteiger partial charge in [0.2, 0.25) is 0 Å². The lowest BCUT2D eigenvalue weighted by Gasteiger charge is -2.37. The van der Waals surface area contributed by atoms with Crippen molar-refractivity contribution in [3.8, 4) is 0 Å². The number of hydrogen-bond donors (Lipinski definition) is 2. The van der Waals surface area contributed by atoms with Gasteiger partial charge in [-0.05, 0) is 48.8 Å². The summed E-state index contributed by atoms with van der Waals surface area (Å²) in [5.74, 6) is 0.538. The molecule has 4 nitrogen and oxygen atoms in total. The molecule has 2 heterocycles. The van der Waals surface area contributed by atoms with Crippen molar-refractivity contribution in [1.82, 2.24) is 5.32 Å². The van der Waals surface area contributed by atoms with Crippen LogP contribution in [0, 0.1) is 6.92 Å². The lowest BCUT2D eigenvalue weighted by Crippen LogP contribution is -2.40. The summed E-state index contributed by atoms with van der Waals surface area (Å²) in [5.41, 5.74) is 8.85. The predicted molar refractivity (Wildman–Crippen MR) is 105 cm³/mol. The smallest absolute Gasteiger partial charge is 0.188 e. The van der Waals surface area contributed by atoms with Crippen LogP contribution >= 0.6 is 11.3 Å². The fourth-order valence-electron chi connectivity index (χ4n) is 3.50. The average Bonchev–Trinajstić information content (AvgIpc) is 3.15. The molecule has 0 atom stereocenters. The van der Waals surface area contributed by atoms with E-state index in [2.05, 4.69) is 59.0 Å². The molecular formula is C20H27N3OS. The first-order chi connectivity index (χ1) is 12.2. The van der Waals surface area contributed by atoms with E-state index in [1.807, 2.05) is 0 Å². The van der Waals surface area contributed by atoms with E-state index in [9.17, 15) is 0 Å². The molecule has 1 aliphatic heterocycles. The SMILES string of the molecule is Cc1ccccc1C1(CN=C(N)NCCc2cccs2)CCOCC1. The second-order valence-electron chi connectivity index (χ2n) is 6.67. The maximum absolute atomic E-state index is 6.12. The second kappa shape index (κ2) is 8.50. The summed E-state index contributed by atoms with van der Waals surface area (Å²) in [6, 6.07) is 12.8. The summed E-state index contributed by atoms with van der Waals surface area (Å²) in [4.78, 5) is 6.05. The third-order valence-corrected chi connectivity index (χ3v) is 5.91. The van der Waals surface area contributed by atoms with Crippen LogP contribution in [0.2, 0.25) is 0 Å². The lowest BCUT2D eigenvalue weighted by atomic mass is 9.72. The van der Waals surface area contributed by atoms with Gasteiger partial charge in [0.05, 0.1) is 6.54 Å². The molecular weight excluding hydrogens is 330 g/mol. The van der Waals surface area contributed by atoms with Gasteiger partial charge in [0, 0.05) is 30.1 Å². The Hall–Kier alpha value is -1.85. The number of aryl methyl sites for hydroxylation is 1. The Bertz CT molecular complexity index is 691. The van der Waals surface area contributed by atoms with Gasteiger partial charge in [0.15, 0.2) is 5.96 Å². The maximum Gasteiger partial charge on any atom is 0.188 e. The molecule has 1 fully saturated rings. The molecule has 2 aromatic rings. The van der Waals surface area contributed by atoms with Gasteiger partial charge in [-0.2, -0.15) is 0 Å². The minimum Gasteiger partial charge on any atom is -0.381 e. The standard InChI is InChI=1S/C20H27N3OS/c1-16-5-2-3-7-18(16)20(9-12-24-13-10-20)15-23-19(21)22-11-8-17-6-4-14-25-17/h2-7,14H,8-13,15H2,1H3,(H3,21,22,23). The van der Waals surface area contributed by atoms with E-state index in [-0.39, 0.29) is 5.41 Å². The quantitative estimate of drug-likeness (QED) is 0.616. The first kappa shape index (κ1) is 18.0. The maximum atomic E-state index is 6.12. The van der Waals surface area contributed by atoms with Crippen LogP contribution in [0.1, 0.15) is 28.8 Å². The lowest BCUT2D eigenvalue weighted by molar-refractivity contribution is 0.0529. The summed E-state index contributed by atoms with van der Waals surface area (Å²) in [7, 11) is 0. The first-order valence-corrected chi connectivity index (χ1v) is 9.78. The molecule has 3 rings (SSSR count). The highest BCUT2D eigenvalue weighted by Gasteiger charge is 2.35. The number of thiophene rings is 1. The Kier molecular flexibility index (Phi) is 6.10. The normalized spacial score (nSPS) is 17.4. The van der Waals surface area contributed by atoms with Crippen LogP contribution < -0.4 is 11.1 Å². The fraction of sp³-hybridized carbons (Fsp3) is 0.450. The first-order valence-electron chi connectivity index (χ1n) is 8.90. The van der Waals surface area contributed by atoms with Crippen molar-refractivity contribution in [3.63, 3.8) is 0 Å². The number of nitrogens with two attached hydrogens (primary N) is 1. The molecule has 0 aliphatic carbocycles. The molecule has 25 heavy (non-hydrogen) atoms. The molecule has 134 valence electrons. The van der Waals surface area contributed by atoms with E-state index in [0.29, 0.717) is 12.5 Å². The van der Waals surface area contributed by atoms with Crippen LogP contribution in [0.15, 0.2) is 46.8 Å². The zero-order valence-electron chi connectivity index (χ0n) is 14.8. The zero-order chi connectivity index (χ0) is 17.5. The summed E-state index contributed by atoms with van der Waals surface area (Å²) < 4.78 is 5.60. The number of nitrogens with one attached hydrogen (secondary N) is 1. The van der Waals surface area contributed by atoms with Crippen molar-refractivity contribution in [3.05, 3.63) is 57.8 Å². The molecule has 1 aromatic carbocycles. The van der Waals surface area contributed by atoms with E-state index in [4.69, 9.17) is 10.5 Å². The van der Waals surface area contributed by atoms with Gasteiger partial charge in [-0.15, -0.1) is 11.3 Å². The van der Waals surface area contributed by atoms with Crippen molar-refractivity contribution >= 4 is 17.3 Å². The predicted octanol–water partition coefficient (Wildman–Crippen LogP) is 3.25. The average molecular weight is 358 g/mol. The monoisotopic (exact) mass is 357 g/mol. The van der Waals surface area contributed by atoms with Gasteiger partial charge in [0.1, 0.15) is 0 Å². The molecule has 0 unspecified atom stereocenters. The molecule has 1 saturated heterocycles. The van der Waals surface area contributed by atoms with Crippen molar-refractivity contribution in [2.75, 3.05) is 26.3 Å². The Morgan fingerprint density at radius 3 is 2.76 bits per heavy atom. The van der Waals surface area contributed by atoms with E-state index >= 15 is 0 Å². The number of hydrogen-bond acceptors (Lipinski definition) is 3. The Labute approximate surface area is 154 Å². The third kappa shape index (κ3) is 4.61. The van der Waals surface area contributed by atoms with Gasteiger partial charge in [0.25, 0.3) is 0 Å². The van der Waals surface area contributed by atoms with Crippen LogP contribution in [0.25, 0.3) is 0 Å². The molecule has 0 saturated carbocycles. The van der Waals surface area contributed by atoms with E-state index in [1.54, 1.807) is 11.3 Å². The number of nitrogens with zero attached hydrogens (tertiary/aromatic N) is 1. The minimum atomic E-state index is 0.0314. The summed E-state index contributed by atoms with van der Waals surface area (Å²) in [6.07, 6.45) is 2.96. The largest absolute Gasteiger partial charge is 0.381 e. The Morgan fingerprint density at radius 2 is 2.04 bits per heavy atom. The van der Waals surface area contributed by atoms with E-state index < -0.39 is 0 Å². The van der Waals surface area contributed by atoms with Crippen LogP contribution in [0.5, 0.6) is 0 Å². The molecule has 1 aliphatic rings. The fourth-order valence-corrected chi connectivity index (χ4v) is 4.21. The molecule has 0 spiro atoms. The zero-order valence-corrected chi connectivity index (χ0v) is 15.6. The molecule has 1 aromatic heterocycles. The topological polar surface area (TPSA) is 59.6 Å². The second-order valence-corrected chi connectivity index (χ2v) is 7.70. The van der Waals surface area contributed by atoms with Crippen molar-refractivity contribution in [2.45, 2.75) is 31.6 Å². The summed E-state index contributed by atoms with van der Waals surface area (Å²) in [6.45, 7) is 5.28. The van der Waals surface area contributed by atoms with Gasteiger partial charge in [-0.25, -0.2) is 0 Å². The van der Waals surface area contributed by atoms with Crippen LogP contribution in [-0.2, 0) is 16.6 Å². The highest BCUT2D eigenvalue weighted by atomic mass is 32.1. The Morgan fingerprint density at radius 1 is 1.24 bits per heavy atom. The summed E-state index contributed by atoms with van der Waals surface area (Å²) >= 11 is 1.77. The molecule has 3 N–H and O–H groups in total. The molecule has 0 amide bonds. The molecule has 0 radical (unpaired) electrons. The highest BCUT2D eigenvalue weighted by Crippen LogP contribution is 2.36. The van der Waals surface area contributed by atoms with Gasteiger partial charge in [-0.1, -0.05) is 30.3 Å². The van der Waals surface area contributed by atoms with Gasteiger partial charge < -0.3 is 15.8 Å². The van der Waals surface area contributed by atoms with Crippen molar-refractivity contribution in [1.29, 1.82) is 0 Å². The van der Waals surface area contributed by atoms with Gasteiger partial charge >= 0.3 is 0 Å². The molecule has 5 heteroatoms. The Balaban J connectivity index is 1.65. The number of guanidine groups is 1. The van der Waals surface area contributed by atoms with Crippen molar-refractivity contribution in [2.24, 2.45) is 10.7 Å². The van der Waals surface area contributed by atoms with Crippen LogP contribution in [-0.4, -0.2) is 32.3 Å². The number of benzene rings is 1. The van der Waals surface area contributed by atoms with E-state index in [1.165, 1.54) is 16.0 Å². The van der Waals surface area contributed by atoms with Crippen molar-refractivity contribution < 1.29 is 4.74 Å². The van der Waals surface area contributed by atoms with Crippen LogP contribution in [0.3, 0.4) is 0 Å². The third-order valence-electron chi connectivity index (χ3n) is 4.98. The molecule has 0 bridgehead atoms. The van der Waals surface area contributed by atoms with Crippen LogP contribution in [0.4, 0.5) is 0 Å². The highest BCUT2D eigenvalue weighted by molar-refractivity contribution is 7.09. The number of aliphatic imine (C=N–C) groups is 1. The number of ether oxygens (including phenoxy) is 1. The summed E-state index contributed by atoms with van der Waals surface area (Å²) in [5, 5.41) is 5.35.